The van der Waals surface area contributed by atoms with E-state index in [1.807, 2.05) is 0 Å². The fourth-order valence-corrected chi connectivity index (χ4v) is 1.37. The molecule has 0 saturated heterocycles. The van der Waals surface area contributed by atoms with Gasteiger partial charge in [-0.3, -0.25) is 0 Å². The summed E-state index contributed by atoms with van der Waals surface area (Å²) in [5, 5.41) is 16.8. The molecule has 0 spiro atoms. The highest BCUT2D eigenvalue weighted by Crippen LogP contribution is 2.23. The van der Waals surface area contributed by atoms with Gasteiger partial charge >= 0.3 is 12.1 Å². The Morgan fingerprint density at radius 1 is 1.55 bits per heavy atom. The predicted octanol–water partition coefficient (Wildman–Crippen LogP) is 0.597. The second kappa shape index (κ2) is 2.83. The van der Waals surface area contributed by atoms with Crippen LogP contribution in [0, 0.1) is 0 Å². The van der Waals surface area contributed by atoms with Gasteiger partial charge in [-0.15, -0.1) is 0 Å². The molecule has 1 aliphatic rings. The predicted molar refractivity (Wildman–Crippen MR) is 38.0 cm³/mol. The molecule has 0 radical (unpaired) electrons. The molecule has 0 unspecified atom stereocenters. The molecule has 1 aliphatic heterocycles. The number of aliphatic carboxylic acids is 1. The third kappa shape index (κ3) is 1.64. The molecule has 11 heavy (non-hydrogen) atoms. The van der Waals surface area contributed by atoms with Crippen LogP contribution in [0.25, 0.3) is 0 Å². The van der Waals surface area contributed by atoms with E-state index in [0.29, 0.717) is 0 Å². The van der Waals surface area contributed by atoms with E-state index >= 15 is 0 Å². The van der Waals surface area contributed by atoms with E-state index < -0.39 is 12.1 Å². The van der Waals surface area contributed by atoms with Crippen LogP contribution in [0.4, 0.5) is 4.79 Å². The summed E-state index contributed by atoms with van der Waals surface area (Å²) >= 11 is 0.947. The molecule has 6 heteroatoms. The molecule has 0 fully saturated rings. The smallest absolute Gasteiger partial charge is 0.421 e. The minimum absolute atomic E-state index is 0.109. The number of carboxylic acids is 1. The minimum Gasteiger partial charge on any atom is -0.478 e. The van der Waals surface area contributed by atoms with E-state index in [4.69, 9.17) is 10.2 Å². The summed E-state index contributed by atoms with van der Waals surface area (Å²) in [4.78, 5) is 20.5. The molecule has 1 heterocycles. The second-order valence-electron chi connectivity index (χ2n) is 1.84. The normalized spacial score (nSPS) is 16.4. The van der Waals surface area contributed by atoms with Gasteiger partial charge in [-0.2, -0.15) is 0 Å². The van der Waals surface area contributed by atoms with Crippen molar-refractivity contribution in [3.05, 3.63) is 11.8 Å². The molecule has 0 aromatic heterocycles. The van der Waals surface area contributed by atoms with Gasteiger partial charge in [0.05, 0.1) is 5.57 Å². The van der Waals surface area contributed by atoms with Crippen molar-refractivity contribution in [3.8, 4) is 0 Å². The van der Waals surface area contributed by atoms with E-state index in [1.54, 1.807) is 0 Å². The van der Waals surface area contributed by atoms with Crippen LogP contribution in [0.15, 0.2) is 11.8 Å². The number of rotatable bonds is 1. The van der Waals surface area contributed by atoms with Gasteiger partial charge in [0.25, 0.3) is 0 Å². The zero-order chi connectivity index (χ0) is 8.43. The van der Waals surface area contributed by atoms with Gasteiger partial charge < -0.3 is 10.2 Å². The van der Waals surface area contributed by atoms with E-state index in [1.165, 1.54) is 0 Å². The number of hydrogen-bond acceptors (Lipinski definition) is 3. The van der Waals surface area contributed by atoms with Crippen molar-refractivity contribution < 1.29 is 19.8 Å². The standard InChI is InChI=1S/C5H5NO4S/c7-4(8)3-1-6(5(9)10)11-2-3/h1H,2H2,(H,7,8)(H,9,10). The Morgan fingerprint density at radius 2 is 2.18 bits per heavy atom. The third-order valence-electron chi connectivity index (χ3n) is 1.10. The van der Waals surface area contributed by atoms with Crippen LogP contribution in [-0.2, 0) is 4.79 Å². The van der Waals surface area contributed by atoms with E-state index in [-0.39, 0.29) is 11.3 Å². The summed E-state index contributed by atoms with van der Waals surface area (Å²) in [6.07, 6.45) is -0.0405. The van der Waals surface area contributed by atoms with Crippen LogP contribution in [0.3, 0.4) is 0 Å². The van der Waals surface area contributed by atoms with Crippen LogP contribution in [0.5, 0.6) is 0 Å². The van der Waals surface area contributed by atoms with Crippen molar-refractivity contribution in [2.75, 3.05) is 5.75 Å². The van der Waals surface area contributed by atoms with Crippen LogP contribution in [0.1, 0.15) is 0 Å². The largest absolute Gasteiger partial charge is 0.478 e. The summed E-state index contributed by atoms with van der Waals surface area (Å²) < 4.78 is 0.878. The summed E-state index contributed by atoms with van der Waals surface area (Å²) in [6.45, 7) is 0. The van der Waals surface area contributed by atoms with Crippen molar-refractivity contribution in [1.82, 2.24) is 4.31 Å². The van der Waals surface area contributed by atoms with Crippen molar-refractivity contribution in [3.63, 3.8) is 0 Å². The topological polar surface area (TPSA) is 77.8 Å². The molecule has 2 N–H and O–H groups in total. The van der Waals surface area contributed by atoms with Crippen molar-refractivity contribution in [2.45, 2.75) is 0 Å². The first-order valence-corrected chi connectivity index (χ1v) is 3.64. The number of carboxylic acid groups (broad SMARTS) is 2. The van der Waals surface area contributed by atoms with Gasteiger partial charge in [-0.05, 0) is 11.9 Å². The summed E-state index contributed by atoms with van der Waals surface area (Å²) in [7, 11) is 0. The number of nitrogens with zero attached hydrogens (tertiary/aromatic N) is 1. The molecule has 1 rings (SSSR count). The first kappa shape index (κ1) is 7.93. The second-order valence-corrected chi connectivity index (χ2v) is 2.78. The Labute approximate surface area is 66.4 Å². The average Bonchev–Trinajstić information content (AvgIpc) is 2.33. The average molecular weight is 175 g/mol. The zero-order valence-electron chi connectivity index (χ0n) is 5.35. The highest BCUT2D eigenvalue weighted by atomic mass is 32.2. The Hall–Kier alpha value is -1.17. The minimum atomic E-state index is -1.15. The van der Waals surface area contributed by atoms with Crippen molar-refractivity contribution >= 4 is 24.0 Å². The molecule has 0 bridgehead atoms. The molecule has 0 saturated carbocycles. The SMILES string of the molecule is O=C(O)C1=CN(C(=O)O)SC1. The quantitative estimate of drug-likeness (QED) is 0.570. The van der Waals surface area contributed by atoms with Crippen LogP contribution < -0.4 is 0 Å². The molecule has 60 valence electrons. The molecule has 0 aromatic rings. The van der Waals surface area contributed by atoms with Gasteiger partial charge in [-0.1, -0.05) is 0 Å². The molecule has 5 nitrogen and oxygen atoms in total. The number of hydrogen-bond donors (Lipinski definition) is 2. The first-order valence-electron chi connectivity index (χ1n) is 2.70. The van der Waals surface area contributed by atoms with Gasteiger partial charge in [0.1, 0.15) is 0 Å². The molecular formula is C5H5NO4S. The first-order chi connectivity index (χ1) is 5.11. The lowest BCUT2D eigenvalue weighted by Crippen LogP contribution is -2.12. The van der Waals surface area contributed by atoms with Gasteiger partial charge in [0.15, 0.2) is 0 Å². The fourth-order valence-electron chi connectivity index (χ4n) is 0.583. The van der Waals surface area contributed by atoms with E-state index in [0.717, 1.165) is 22.5 Å². The highest BCUT2D eigenvalue weighted by molar-refractivity contribution is 7.98. The van der Waals surface area contributed by atoms with E-state index in [9.17, 15) is 9.59 Å². The lowest BCUT2D eigenvalue weighted by atomic mass is 10.3. The van der Waals surface area contributed by atoms with Crippen LogP contribution >= 0.6 is 11.9 Å². The van der Waals surface area contributed by atoms with Crippen molar-refractivity contribution in [2.24, 2.45) is 0 Å². The summed E-state index contributed by atoms with van der Waals surface area (Å²) in [6, 6.07) is 0. The van der Waals surface area contributed by atoms with Crippen LogP contribution in [0.2, 0.25) is 0 Å². The maximum absolute atomic E-state index is 10.3. The summed E-state index contributed by atoms with van der Waals surface area (Å²) in [5.41, 5.74) is 0.109. The maximum Gasteiger partial charge on any atom is 0.421 e. The van der Waals surface area contributed by atoms with Gasteiger partial charge in [0, 0.05) is 12.0 Å². The molecule has 0 aromatic carbocycles. The van der Waals surface area contributed by atoms with E-state index in [2.05, 4.69) is 0 Å². The number of carbonyl (C=O) groups is 2. The Bertz CT molecular complexity index is 237. The zero-order valence-corrected chi connectivity index (χ0v) is 6.17. The molecule has 0 atom stereocenters. The Morgan fingerprint density at radius 3 is 2.45 bits per heavy atom. The number of amides is 1. The Kier molecular flexibility index (Phi) is 2.04. The fraction of sp³-hybridized carbons (Fsp3) is 0.200. The van der Waals surface area contributed by atoms with Crippen molar-refractivity contribution in [1.29, 1.82) is 0 Å². The maximum atomic E-state index is 10.3. The summed E-state index contributed by atoms with van der Waals surface area (Å²) in [5.74, 6) is -0.858. The lowest BCUT2D eigenvalue weighted by molar-refractivity contribution is -0.132. The molecule has 0 aliphatic carbocycles. The molecule has 1 amide bonds. The van der Waals surface area contributed by atoms with Gasteiger partial charge in [-0.25, -0.2) is 13.9 Å². The monoisotopic (exact) mass is 175 g/mol. The Balaban J connectivity index is 2.68. The van der Waals surface area contributed by atoms with Gasteiger partial charge in [0.2, 0.25) is 0 Å². The van der Waals surface area contributed by atoms with Crippen LogP contribution in [-0.4, -0.2) is 32.3 Å². The molecular weight excluding hydrogens is 170 g/mol. The lowest BCUT2D eigenvalue weighted by Gasteiger charge is -2.03. The highest BCUT2D eigenvalue weighted by Gasteiger charge is 2.22. The third-order valence-corrected chi connectivity index (χ3v) is 2.08.